The molecule has 1 amide bonds. The third-order valence-electron chi connectivity index (χ3n) is 4.04. The molecule has 0 aromatic rings. The summed E-state index contributed by atoms with van der Waals surface area (Å²) in [6.07, 6.45) is 2.36. The van der Waals surface area contributed by atoms with E-state index in [1.54, 1.807) is 0 Å². The van der Waals surface area contributed by atoms with Crippen LogP contribution in [0.3, 0.4) is 0 Å². The number of ether oxygens (including phenoxy) is 1. The lowest BCUT2D eigenvalue weighted by Crippen LogP contribution is -2.46. The summed E-state index contributed by atoms with van der Waals surface area (Å²) in [7, 11) is -3.00. The van der Waals surface area contributed by atoms with Crippen LogP contribution in [0.5, 0.6) is 0 Å². The van der Waals surface area contributed by atoms with Crippen molar-refractivity contribution in [3.63, 3.8) is 0 Å². The molecule has 3 atom stereocenters. The molecule has 3 unspecified atom stereocenters. The largest absolute Gasteiger partial charge is 0.379 e. The molecule has 2 heterocycles. The average Bonchev–Trinajstić information content (AvgIpc) is 2.99. The molecule has 0 aromatic heterocycles. The van der Waals surface area contributed by atoms with Crippen LogP contribution in [-0.2, 0) is 19.4 Å². The minimum Gasteiger partial charge on any atom is -0.379 e. The summed E-state index contributed by atoms with van der Waals surface area (Å²) in [5.41, 5.74) is 0. The van der Waals surface area contributed by atoms with Gasteiger partial charge in [-0.05, 0) is 25.8 Å². The van der Waals surface area contributed by atoms with Gasteiger partial charge >= 0.3 is 0 Å². The van der Waals surface area contributed by atoms with Crippen molar-refractivity contribution >= 4 is 15.7 Å². The first-order chi connectivity index (χ1) is 9.54. The van der Waals surface area contributed by atoms with Crippen molar-refractivity contribution < 1.29 is 17.9 Å². The van der Waals surface area contributed by atoms with Gasteiger partial charge in [-0.25, -0.2) is 8.42 Å². The molecule has 2 fully saturated rings. The molecular formula is C13H24N2O4S. The summed E-state index contributed by atoms with van der Waals surface area (Å²) in [6, 6.07) is 0.0372. The Morgan fingerprint density at radius 3 is 2.80 bits per heavy atom. The van der Waals surface area contributed by atoms with E-state index in [0.717, 1.165) is 13.0 Å². The van der Waals surface area contributed by atoms with Gasteiger partial charge in [0.2, 0.25) is 5.91 Å². The Bertz CT molecular complexity index is 438. The van der Waals surface area contributed by atoms with Crippen LogP contribution in [0.1, 0.15) is 26.2 Å². The number of carbonyl (C=O) groups excluding carboxylic acids is 1. The van der Waals surface area contributed by atoms with Gasteiger partial charge in [0.05, 0.1) is 30.1 Å². The lowest BCUT2D eigenvalue weighted by atomic mass is 10.0. The second-order valence-electron chi connectivity index (χ2n) is 5.58. The molecule has 2 aliphatic rings. The minimum atomic E-state index is -3.00. The molecule has 0 aromatic carbocycles. The molecule has 0 spiro atoms. The molecule has 116 valence electrons. The van der Waals surface area contributed by atoms with Crippen LogP contribution in [0, 0.1) is 5.92 Å². The number of sulfone groups is 1. The molecule has 0 saturated carbocycles. The van der Waals surface area contributed by atoms with Gasteiger partial charge in [0.15, 0.2) is 9.84 Å². The zero-order valence-corrected chi connectivity index (χ0v) is 12.7. The lowest BCUT2D eigenvalue weighted by molar-refractivity contribution is -0.125. The smallest absolute Gasteiger partial charge is 0.227 e. The van der Waals surface area contributed by atoms with Gasteiger partial charge < -0.3 is 15.4 Å². The van der Waals surface area contributed by atoms with E-state index >= 15 is 0 Å². The number of hydrogen-bond acceptors (Lipinski definition) is 5. The first-order valence-electron chi connectivity index (χ1n) is 7.35. The molecule has 7 heteroatoms. The van der Waals surface area contributed by atoms with Crippen molar-refractivity contribution in [2.45, 2.75) is 37.5 Å². The number of carbonyl (C=O) groups is 1. The van der Waals surface area contributed by atoms with Gasteiger partial charge in [-0.3, -0.25) is 4.79 Å². The van der Waals surface area contributed by atoms with Crippen LogP contribution in [0.2, 0.25) is 0 Å². The van der Waals surface area contributed by atoms with E-state index in [9.17, 15) is 13.2 Å². The highest BCUT2D eigenvalue weighted by Crippen LogP contribution is 2.20. The first kappa shape index (κ1) is 15.7. The fraction of sp³-hybridized carbons (Fsp3) is 0.923. The van der Waals surface area contributed by atoms with Crippen LogP contribution < -0.4 is 10.6 Å². The average molecular weight is 304 g/mol. The third kappa shape index (κ3) is 3.71. The van der Waals surface area contributed by atoms with Crippen molar-refractivity contribution in [2.24, 2.45) is 5.92 Å². The SMILES string of the molecule is CCCNC1COCC1C(=O)NCC1CCCS1(=O)=O. The highest BCUT2D eigenvalue weighted by molar-refractivity contribution is 7.92. The number of hydrogen-bond donors (Lipinski definition) is 2. The Kier molecular flexibility index (Phi) is 5.40. The van der Waals surface area contributed by atoms with Crippen molar-refractivity contribution in [2.75, 3.05) is 32.1 Å². The van der Waals surface area contributed by atoms with Gasteiger partial charge in [0.1, 0.15) is 0 Å². The summed E-state index contributed by atoms with van der Waals surface area (Å²) in [6.45, 7) is 4.11. The molecule has 20 heavy (non-hydrogen) atoms. The van der Waals surface area contributed by atoms with Crippen LogP contribution >= 0.6 is 0 Å². The maximum atomic E-state index is 12.2. The fourth-order valence-electron chi connectivity index (χ4n) is 2.78. The summed E-state index contributed by atoms with van der Waals surface area (Å²) in [5.74, 6) is -0.0651. The van der Waals surface area contributed by atoms with Crippen LogP contribution in [0.15, 0.2) is 0 Å². The Hall–Kier alpha value is -0.660. The zero-order valence-electron chi connectivity index (χ0n) is 11.9. The van der Waals surface area contributed by atoms with E-state index in [1.165, 1.54) is 0 Å². The number of nitrogens with one attached hydrogen (secondary N) is 2. The quantitative estimate of drug-likeness (QED) is 0.703. The zero-order chi connectivity index (χ0) is 14.6. The van der Waals surface area contributed by atoms with Gasteiger partial charge in [0, 0.05) is 12.6 Å². The molecule has 2 rings (SSSR count). The third-order valence-corrected chi connectivity index (χ3v) is 6.32. The van der Waals surface area contributed by atoms with E-state index in [2.05, 4.69) is 17.6 Å². The normalized spacial score (nSPS) is 32.4. The molecular weight excluding hydrogens is 280 g/mol. The molecule has 0 bridgehead atoms. The van der Waals surface area contributed by atoms with Crippen molar-refractivity contribution in [1.29, 1.82) is 0 Å². The summed E-state index contributed by atoms with van der Waals surface area (Å²) in [5, 5.41) is 5.69. The van der Waals surface area contributed by atoms with E-state index in [-0.39, 0.29) is 30.2 Å². The van der Waals surface area contributed by atoms with Gasteiger partial charge in [-0.1, -0.05) is 6.92 Å². The summed E-state index contributed by atoms with van der Waals surface area (Å²) >= 11 is 0. The van der Waals surface area contributed by atoms with Crippen LogP contribution in [-0.4, -0.2) is 57.7 Å². The molecule has 2 saturated heterocycles. The maximum absolute atomic E-state index is 12.2. The summed E-state index contributed by atoms with van der Waals surface area (Å²) in [4.78, 5) is 12.2. The molecule has 0 aliphatic carbocycles. The topological polar surface area (TPSA) is 84.5 Å². The Morgan fingerprint density at radius 2 is 2.15 bits per heavy atom. The van der Waals surface area contributed by atoms with Gasteiger partial charge in [-0.2, -0.15) is 0 Å². The maximum Gasteiger partial charge on any atom is 0.227 e. The van der Waals surface area contributed by atoms with E-state index in [4.69, 9.17) is 4.74 Å². The Balaban J connectivity index is 1.82. The van der Waals surface area contributed by atoms with E-state index in [1.807, 2.05) is 0 Å². The molecule has 2 aliphatic heterocycles. The standard InChI is InChI=1S/C13H24N2O4S/c1-2-5-14-12-9-19-8-11(12)13(16)15-7-10-4-3-6-20(10,17)18/h10-12,14H,2-9H2,1H3,(H,15,16). The molecule has 6 nitrogen and oxygen atoms in total. The number of amides is 1. The monoisotopic (exact) mass is 304 g/mol. The first-order valence-corrected chi connectivity index (χ1v) is 9.06. The van der Waals surface area contributed by atoms with E-state index < -0.39 is 15.1 Å². The van der Waals surface area contributed by atoms with Crippen molar-refractivity contribution in [1.82, 2.24) is 10.6 Å². The van der Waals surface area contributed by atoms with E-state index in [0.29, 0.717) is 26.1 Å². The predicted molar refractivity (Wildman–Crippen MR) is 76.2 cm³/mol. The molecule has 2 N–H and O–H groups in total. The highest BCUT2D eigenvalue weighted by atomic mass is 32.2. The second kappa shape index (κ2) is 6.87. The van der Waals surface area contributed by atoms with Gasteiger partial charge in [-0.15, -0.1) is 0 Å². The Labute approximate surface area is 120 Å². The molecule has 0 radical (unpaired) electrons. The highest BCUT2D eigenvalue weighted by Gasteiger charge is 2.35. The second-order valence-corrected chi connectivity index (χ2v) is 7.98. The number of rotatable bonds is 6. The summed E-state index contributed by atoms with van der Waals surface area (Å²) < 4.78 is 28.8. The fourth-order valence-corrected chi connectivity index (χ4v) is 4.54. The van der Waals surface area contributed by atoms with Gasteiger partial charge in [0.25, 0.3) is 0 Å². The van der Waals surface area contributed by atoms with Crippen molar-refractivity contribution in [3.8, 4) is 0 Å². The minimum absolute atomic E-state index is 0.0372. The Morgan fingerprint density at radius 1 is 1.35 bits per heavy atom. The van der Waals surface area contributed by atoms with Crippen molar-refractivity contribution in [3.05, 3.63) is 0 Å². The predicted octanol–water partition coefficient (Wildman–Crippen LogP) is -0.306. The van der Waals surface area contributed by atoms with Crippen LogP contribution in [0.25, 0.3) is 0 Å². The van der Waals surface area contributed by atoms with Crippen LogP contribution in [0.4, 0.5) is 0 Å². The lowest BCUT2D eigenvalue weighted by Gasteiger charge is -2.19.